The fourth-order valence-electron chi connectivity index (χ4n) is 2.23. The monoisotopic (exact) mass is 372 g/mol. The molecule has 3 aromatic rings. The molecule has 0 bridgehead atoms. The van der Waals surface area contributed by atoms with E-state index in [1.165, 1.54) is 41.3 Å². The van der Waals surface area contributed by atoms with Crippen molar-refractivity contribution < 1.29 is 14.0 Å². The SMILES string of the molecule is O=C(Cc1ccc(F)cc1)NNC(=O)c1cnn(-c2cccc(Cl)c2)c1. The summed E-state index contributed by atoms with van der Waals surface area (Å²) in [5.74, 6) is -1.31. The molecular formula is C18H14ClFN4O2. The predicted octanol–water partition coefficient (Wildman–Crippen LogP) is 2.67. The fourth-order valence-corrected chi connectivity index (χ4v) is 2.41. The van der Waals surface area contributed by atoms with Crippen LogP contribution in [-0.4, -0.2) is 21.6 Å². The number of hydrazine groups is 1. The number of rotatable bonds is 4. The third kappa shape index (κ3) is 4.46. The Labute approximate surface area is 153 Å². The highest BCUT2D eigenvalue weighted by atomic mass is 35.5. The Balaban J connectivity index is 1.57. The summed E-state index contributed by atoms with van der Waals surface area (Å²) in [6.07, 6.45) is 2.91. The molecule has 2 N–H and O–H groups in total. The number of benzene rings is 2. The van der Waals surface area contributed by atoms with Gasteiger partial charge in [-0.25, -0.2) is 9.07 Å². The van der Waals surface area contributed by atoms with E-state index in [0.29, 0.717) is 16.3 Å². The lowest BCUT2D eigenvalue weighted by molar-refractivity contribution is -0.121. The summed E-state index contributed by atoms with van der Waals surface area (Å²) < 4.78 is 14.3. The van der Waals surface area contributed by atoms with Crippen molar-refractivity contribution in [1.29, 1.82) is 0 Å². The minimum Gasteiger partial charge on any atom is -0.273 e. The Bertz CT molecular complexity index is 940. The van der Waals surface area contributed by atoms with Crippen molar-refractivity contribution in [3.8, 4) is 5.69 Å². The van der Waals surface area contributed by atoms with E-state index in [1.807, 2.05) is 0 Å². The normalized spacial score (nSPS) is 10.4. The van der Waals surface area contributed by atoms with Crippen molar-refractivity contribution in [2.24, 2.45) is 0 Å². The lowest BCUT2D eigenvalue weighted by atomic mass is 10.1. The first-order valence-electron chi connectivity index (χ1n) is 7.65. The Morgan fingerprint density at radius 1 is 1.12 bits per heavy atom. The Morgan fingerprint density at radius 3 is 2.62 bits per heavy atom. The van der Waals surface area contributed by atoms with Crippen LogP contribution >= 0.6 is 11.6 Å². The largest absolute Gasteiger partial charge is 0.273 e. The first kappa shape index (κ1) is 17.6. The van der Waals surface area contributed by atoms with Gasteiger partial charge in [0.15, 0.2) is 0 Å². The molecule has 0 radical (unpaired) electrons. The van der Waals surface area contributed by atoms with Gasteiger partial charge < -0.3 is 0 Å². The maximum absolute atomic E-state index is 12.8. The summed E-state index contributed by atoms with van der Waals surface area (Å²) in [4.78, 5) is 23.9. The third-order valence-corrected chi connectivity index (χ3v) is 3.75. The quantitative estimate of drug-likeness (QED) is 0.691. The van der Waals surface area contributed by atoms with Crippen molar-refractivity contribution in [3.05, 3.63) is 82.9 Å². The molecule has 0 fully saturated rings. The molecule has 0 atom stereocenters. The van der Waals surface area contributed by atoms with E-state index in [9.17, 15) is 14.0 Å². The molecule has 0 spiro atoms. The van der Waals surface area contributed by atoms with Crippen LogP contribution in [0, 0.1) is 5.82 Å². The van der Waals surface area contributed by atoms with Crippen LogP contribution in [0.3, 0.4) is 0 Å². The van der Waals surface area contributed by atoms with Crippen LogP contribution in [0.5, 0.6) is 0 Å². The Kier molecular flexibility index (Phi) is 5.28. The van der Waals surface area contributed by atoms with Crippen molar-refractivity contribution in [1.82, 2.24) is 20.6 Å². The number of hydrogen-bond donors (Lipinski definition) is 2. The lowest BCUT2D eigenvalue weighted by Gasteiger charge is -2.06. The van der Waals surface area contributed by atoms with E-state index < -0.39 is 11.8 Å². The predicted molar refractivity (Wildman–Crippen MR) is 94.3 cm³/mol. The number of carbonyl (C=O) groups is 2. The summed E-state index contributed by atoms with van der Waals surface area (Å²) in [5.41, 5.74) is 6.23. The zero-order valence-corrected chi connectivity index (χ0v) is 14.2. The van der Waals surface area contributed by atoms with Crippen LogP contribution < -0.4 is 10.9 Å². The Hall–Kier alpha value is -3.19. The van der Waals surface area contributed by atoms with Gasteiger partial charge in [0.25, 0.3) is 5.91 Å². The first-order chi connectivity index (χ1) is 12.5. The van der Waals surface area contributed by atoms with Crippen LogP contribution in [-0.2, 0) is 11.2 Å². The summed E-state index contributed by atoms with van der Waals surface area (Å²) in [7, 11) is 0. The minimum atomic E-state index is -0.509. The number of aromatic nitrogens is 2. The number of halogens is 2. The highest BCUT2D eigenvalue weighted by Crippen LogP contribution is 2.14. The second-order valence-electron chi connectivity index (χ2n) is 5.46. The average molecular weight is 373 g/mol. The van der Waals surface area contributed by atoms with E-state index >= 15 is 0 Å². The number of amides is 2. The van der Waals surface area contributed by atoms with Gasteiger partial charge in [0.05, 0.1) is 23.9 Å². The van der Waals surface area contributed by atoms with Gasteiger partial charge in [-0.3, -0.25) is 20.4 Å². The molecule has 1 heterocycles. The molecular weight excluding hydrogens is 359 g/mol. The topological polar surface area (TPSA) is 76.0 Å². The van der Waals surface area contributed by atoms with Gasteiger partial charge in [-0.05, 0) is 35.9 Å². The molecule has 0 aliphatic heterocycles. The fraction of sp³-hybridized carbons (Fsp3) is 0.0556. The lowest BCUT2D eigenvalue weighted by Crippen LogP contribution is -2.42. The van der Waals surface area contributed by atoms with Gasteiger partial charge in [-0.15, -0.1) is 0 Å². The van der Waals surface area contributed by atoms with Crippen LogP contribution in [0.2, 0.25) is 5.02 Å². The molecule has 2 aromatic carbocycles. The highest BCUT2D eigenvalue weighted by molar-refractivity contribution is 6.30. The number of carbonyl (C=O) groups excluding carboxylic acids is 2. The molecule has 2 amide bonds. The van der Waals surface area contributed by atoms with Crippen molar-refractivity contribution in [2.75, 3.05) is 0 Å². The molecule has 132 valence electrons. The number of hydrogen-bond acceptors (Lipinski definition) is 3. The molecule has 0 saturated carbocycles. The molecule has 0 unspecified atom stereocenters. The zero-order chi connectivity index (χ0) is 18.5. The number of nitrogens with zero attached hydrogens (tertiary/aromatic N) is 2. The van der Waals surface area contributed by atoms with E-state index in [4.69, 9.17) is 11.6 Å². The van der Waals surface area contributed by atoms with Crippen molar-refractivity contribution >= 4 is 23.4 Å². The van der Waals surface area contributed by atoms with Gasteiger partial charge in [0.2, 0.25) is 5.91 Å². The van der Waals surface area contributed by atoms with Gasteiger partial charge in [-0.2, -0.15) is 5.10 Å². The summed E-state index contributed by atoms with van der Waals surface area (Å²) in [5, 5.41) is 4.65. The van der Waals surface area contributed by atoms with E-state index in [-0.39, 0.29) is 17.8 Å². The second-order valence-corrected chi connectivity index (χ2v) is 5.90. The molecule has 0 aliphatic rings. The van der Waals surface area contributed by atoms with Gasteiger partial charge in [-0.1, -0.05) is 29.8 Å². The van der Waals surface area contributed by atoms with Crippen LogP contribution in [0.15, 0.2) is 60.9 Å². The van der Waals surface area contributed by atoms with Gasteiger partial charge in [0.1, 0.15) is 5.82 Å². The van der Waals surface area contributed by atoms with E-state index in [2.05, 4.69) is 16.0 Å². The van der Waals surface area contributed by atoms with Gasteiger partial charge >= 0.3 is 0 Å². The van der Waals surface area contributed by atoms with Gasteiger partial charge in [0, 0.05) is 11.2 Å². The standard InChI is InChI=1S/C18H14ClFN4O2/c19-14-2-1-3-16(9-14)24-11-13(10-21-24)18(26)23-22-17(25)8-12-4-6-15(20)7-5-12/h1-7,9-11H,8H2,(H,22,25)(H,23,26). The molecule has 0 aliphatic carbocycles. The first-order valence-corrected chi connectivity index (χ1v) is 8.03. The summed E-state index contributed by atoms with van der Waals surface area (Å²) >= 11 is 5.94. The van der Waals surface area contributed by atoms with Crippen LogP contribution in [0.25, 0.3) is 5.69 Å². The van der Waals surface area contributed by atoms with E-state index in [0.717, 1.165) is 0 Å². The van der Waals surface area contributed by atoms with E-state index in [1.54, 1.807) is 24.3 Å². The zero-order valence-electron chi connectivity index (χ0n) is 13.4. The molecule has 1 aromatic heterocycles. The minimum absolute atomic E-state index is 0.0162. The molecule has 6 nitrogen and oxygen atoms in total. The average Bonchev–Trinajstić information content (AvgIpc) is 3.12. The maximum Gasteiger partial charge on any atom is 0.272 e. The highest BCUT2D eigenvalue weighted by Gasteiger charge is 2.11. The number of nitrogens with one attached hydrogen (secondary N) is 2. The smallest absolute Gasteiger partial charge is 0.272 e. The van der Waals surface area contributed by atoms with Crippen molar-refractivity contribution in [3.63, 3.8) is 0 Å². The molecule has 0 saturated heterocycles. The molecule has 26 heavy (non-hydrogen) atoms. The summed E-state index contributed by atoms with van der Waals surface area (Å²) in [6, 6.07) is 12.6. The van der Waals surface area contributed by atoms with Crippen molar-refractivity contribution in [2.45, 2.75) is 6.42 Å². The molecule has 8 heteroatoms. The third-order valence-electron chi connectivity index (χ3n) is 3.51. The van der Waals surface area contributed by atoms with Crippen LogP contribution in [0.1, 0.15) is 15.9 Å². The van der Waals surface area contributed by atoms with Crippen LogP contribution in [0.4, 0.5) is 4.39 Å². The maximum atomic E-state index is 12.8. The molecule has 3 rings (SSSR count). The second kappa shape index (κ2) is 7.79. The summed E-state index contributed by atoms with van der Waals surface area (Å²) in [6.45, 7) is 0. The Morgan fingerprint density at radius 2 is 1.88 bits per heavy atom.